The molecule has 3 rings (SSSR count). The van der Waals surface area contributed by atoms with Crippen LogP contribution in [-0.2, 0) is 4.74 Å². The van der Waals surface area contributed by atoms with E-state index in [1.54, 1.807) is 11.3 Å². The average Bonchev–Trinajstić information content (AvgIpc) is 3.12. The zero-order valence-corrected chi connectivity index (χ0v) is 17.3. The molecule has 4 nitrogen and oxygen atoms in total. The summed E-state index contributed by atoms with van der Waals surface area (Å²) in [6.07, 6.45) is 0. The van der Waals surface area contributed by atoms with Crippen molar-refractivity contribution in [1.82, 2.24) is 10.2 Å². The van der Waals surface area contributed by atoms with Gasteiger partial charge in [0.05, 0.1) is 19.3 Å². The highest BCUT2D eigenvalue weighted by molar-refractivity contribution is 9.10. The molecule has 0 saturated carbocycles. The number of nitrogens with zero attached hydrogens (tertiary/aromatic N) is 1. The van der Waals surface area contributed by atoms with E-state index >= 15 is 0 Å². The summed E-state index contributed by atoms with van der Waals surface area (Å²) >= 11 is 10.8. The molecule has 0 aliphatic carbocycles. The predicted molar refractivity (Wildman–Crippen MR) is 112 cm³/mol. The Morgan fingerprint density at radius 3 is 2.60 bits per heavy atom. The molecule has 0 unspecified atom stereocenters. The van der Waals surface area contributed by atoms with Gasteiger partial charge in [-0.15, -0.1) is 11.3 Å². The van der Waals surface area contributed by atoms with Gasteiger partial charge in [-0.1, -0.05) is 22.0 Å². The van der Waals surface area contributed by atoms with Crippen LogP contribution in [-0.4, -0.2) is 42.4 Å². The summed E-state index contributed by atoms with van der Waals surface area (Å²) in [6, 6.07) is 12.8. The van der Waals surface area contributed by atoms with Crippen LogP contribution in [0.4, 0.5) is 5.69 Å². The Bertz CT molecular complexity index is 672. The lowest BCUT2D eigenvalue weighted by Crippen LogP contribution is -2.49. The Hall–Kier alpha value is -0.990. The fourth-order valence-electron chi connectivity index (χ4n) is 3.04. The maximum Gasteiger partial charge on any atom is 0.171 e. The number of halogens is 1. The van der Waals surface area contributed by atoms with Crippen LogP contribution in [0.25, 0.3) is 0 Å². The molecule has 7 heteroatoms. The molecule has 25 heavy (non-hydrogen) atoms. The third-order valence-corrected chi connectivity index (χ3v) is 5.90. The average molecular weight is 440 g/mol. The summed E-state index contributed by atoms with van der Waals surface area (Å²) in [7, 11) is 0. The molecule has 0 radical (unpaired) electrons. The van der Waals surface area contributed by atoms with E-state index in [0.29, 0.717) is 5.11 Å². The normalized spacial score (nSPS) is 17.7. The number of rotatable bonds is 5. The van der Waals surface area contributed by atoms with Crippen LogP contribution >= 0.6 is 39.5 Å². The first-order valence-electron chi connectivity index (χ1n) is 8.32. The Morgan fingerprint density at radius 2 is 1.96 bits per heavy atom. The number of benzene rings is 1. The topological polar surface area (TPSA) is 36.5 Å². The van der Waals surface area contributed by atoms with E-state index in [2.05, 4.69) is 55.9 Å². The molecule has 1 saturated heterocycles. The maximum absolute atomic E-state index is 5.52. The van der Waals surface area contributed by atoms with Crippen molar-refractivity contribution in [2.45, 2.75) is 19.0 Å². The Labute approximate surface area is 166 Å². The summed E-state index contributed by atoms with van der Waals surface area (Å²) in [6.45, 7) is 5.66. The van der Waals surface area contributed by atoms with Crippen molar-refractivity contribution in [2.24, 2.45) is 0 Å². The van der Waals surface area contributed by atoms with E-state index in [-0.39, 0.29) is 12.1 Å². The van der Waals surface area contributed by atoms with Crippen molar-refractivity contribution >= 4 is 50.3 Å². The molecule has 134 valence electrons. The van der Waals surface area contributed by atoms with Crippen LogP contribution in [0.5, 0.6) is 0 Å². The lowest BCUT2D eigenvalue weighted by atomic mass is 10.1. The van der Waals surface area contributed by atoms with Gasteiger partial charge in [0, 0.05) is 34.2 Å². The minimum absolute atomic E-state index is 0.187. The van der Waals surface area contributed by atoms with Gasteiger partial charge in [-0.05, 0) is 54.9 Å². The van der Waals surface area contributed by atoms with Crippen LogP contribution < -0.4 is 10.6 Å². The van der Waals surface area contributed by atoms with Gasteiger partial charge in [0.15, 0.2) is 5.11 Å². The van der Waals surface area contributed by atoms with Crippen molar-refractivity contribution in [1.29, 1.82) is 0 Å². The third-order valence-electron chi connectivity index (χ3n) is 4.21. The first-order chi connectivity index (χ1) is 12.1. The number of hydrogen-bond acceptors (Lipinski definition) is 4. The number of morpholine rings is 1. The second-order valence-corrected chi connectivity index (χ2v) is 8.31. The number of ether oxygens (including phenoxy) is 1. The van der Waals surface area contributed by atoms with E-state index in [0.717, 1.165) is 36.5 Å². The number of anilines is 1. The maximum atomic E-state index is 5.52. The SMILES string of the molecule is C[C@@H](NC(=S)Nc1ccc(Br)cc1)[C@H](c1cccs1)N1CCOCC1. The van der Waals surface area contributed by atoms with Crippen molar-refractivity contribution < 1.29 is 4.74 Å². The molecule has 1 aliphatic heterocycles. The Balaban J connectivity index is 1.66. The number of thiocarbonyl (C=S) groups is 1. The van der Waals surface area contributed by atoms with Crippen LogP contribution in [0.1, 0.15) is 17.8 Å². The van der Waals surface area contributed by atoms with Crippen molar-refractivity contribution in [3.05, 3.63) is 51.1 Å². The predicted octanol–water partition coefficient (Wildman–Crippen LogP) is 4.26. The highest BCUT2D eigenvalue weighted by Gasteiger charge is 2.28. The van der Waals surface area contributed by atoms with Gasteiger partial charge < -0.3 is 15.4 Å². The van der Waals surface area contributed by atoms with E-state index in [1.807, 2.05) is 24.3 Å². The van der Waals surface area contributed by atoms with Crippen LogP contribution in [0.3, 0.4) is 0 Å². The van der Waals surface area contributed by atoms with E-state index in [4.69, 9.17) is 17.0 Å². The van der Waals surface area contributed by atoms with Gasteiger partial charge in [0.25, 0.3) is 0 Å². The summed E-state index contributed by atoms with van der Waals surface area (Å²) in [4.78, 5) is 3.84. The largest absolute Gasteiger partial charge is 0.379 e. The Kier molecular flexibility index (Phi) is 6.84. The molecule has 1 aliphatic rings. The highest BCUT2D eigenvalue weighted by atomic mass is 79.9. The fourth-order valence-corrected chi connectivity index (χ4v) is 4.58. The zero-order valence-electron chi connectivity index (χ0n) is 14.1. The van der Waals surface area contributed by atoms with Gasteiger partial charge in [0.1, 0.15) is 0 Å². The van der Waals surface area contributed by atoms with Crippen molar-refractivity contribution in [2.75, 3.05) is 31.6 Å². The molecule has 1 aromatic carbocycles. The fraction of sp³-hybridized carbons (Fsp3) is 0.389. The molecule has 2 N–H and O–H groups in total. The lowest BCUT2D eigenvalue weighted by molar-refractivity contribution is 0.0110. The van der Waals surface area contributed by atoms with E-state index in [1.165, 1.54) is 4.88 Å². The van der Waals surface area contributed by atoms with Gasteiger partial charge in [0.2, 0.25) is 0 Å². The molecule has 2 atom stereocenters. The smallest absolute Gasteiger partial charge is 0.171 e. The molecular weight excluding hydrogens is 418 g/mol. The molecule has 1 aromatic heterocycles. The van der Waals surface area contributed by atoms with E-state index in [9.17, 15) is 0 Å². The van der Waals surface area contributed by atoms with Crippen molar-refractivity contribution in [3.8, 4) is 0 Å². The quantitative estimate of drug-likeness (QED) is 0.680. The summed E-state index contributed by atoms with van der Waals surface area (Å²) in [5.41, 5.74) is 0.979. The van der Waals surface area contributed by atoms with Crippen LogP contribution in [0.15, 0.2) is 46.3 Å². The lowest BCUT2D eigenvalue weighted by Gasteiger charge is -2.38. The molecule has 1 fully saturated rings. The third kappa shape index (κ3) is 5.24. The molecule has 0 bridgehead atoms. The molecule has 0 amide bonds. The second-order valence-electron chi connectivity index (χ2n) is 6.00. The first-order valence-corrected chi connectivity index (χ1v) is 10.4. The summed E-state index contributed by atoms with van der Waals surface area (Å²) in [5.74, 6) is 0. The zero-order chi connectivity index (χ0) is 17.6. The molecule has 2 heterocycles. The minimum Gasteiger partial charge on any atom is -0.379 e. The van der Waals surface area contributed by atoms with Crippen LogP contribution in [0.2, 0.25) is 0 Å². The number of hydrogen-bond donors (Lipinski definition) is 2. The molecule has 2 aromatic rings. The minimum atomic E-state index is 0.187. The van der Waals surface area contributed by atoms with Gasteiger partial charge in [-0.25, -0.2) is 0 Å². The monoisotopic (exact) mass is 439 g/mol. The van der Waals surface area contributed by atoms with Gasteiger partial charge >= 0.3 is 0 Å². The van der Waals surface area contributed by atoms with Gasteiger partial charge in [-0.2, -0.15) is 0 Å². The standard InChI is InChI=1S/C18H22BrN3OS2/c1-13(20-18(24)21-15-6-4-14(19)5-7-15)17(16-3-2-12-25-16)22-8-10-23-11-9-22/h2-7,12-13,17H,8-11H2,1H3,(H2,20,21,24)/t13-,17-/m1/s1. The summed E-state index contributed by atoms with van der Waals surface area (Å²) < 4.78 is 6.57. The number of nitrogens with one attached hydrogen (secondary N) is 2. The summed E-state index contributed by atoms with van der Waals surface area (Å²) in [5, 5.41) is 9.50. The highest BCUT2D eigenvalue weighted by Crippen LogP contribution is 2.29. The Morgan fingerprint density at radius 1 is 1.24 bits per heavy atom. The number of thiophene rings is 1. The van der Waals surface area contributed by atoms with Gasteiger partial charge in [-0.3, -0.25) is 4.90 Å². The first kappa shape index (κ1) is 18.8. The molecular formula is C18H22BrN3OS2. The van der Waals surface area contributed by atoms with Crippen molar-refractivity contribution in [3.63, 3.8) is 0 Å². The second kappa shape index (κ2) is 9.09. The van der Waals surface area contributed by atoms with E-state index < -0.39 is 0 Å². The molecule has 0 spiro atoms. The van der Waals surface area contributed by atoms with Crippen LogP contribution in [0, 0.1) is 0 Å².